The lowest BCUT2D eigenvalue weighted by Crippen LogP contribution is -2.12. The Morgan fingerprint density at radius 1 is 1.25 bits per heavy atom. The van der Waals surface area contributed by atoms with Crippen LogP contribution in [-0.4, -0.2) is 32.4 Å². The van der Waals surface area contributed by atoms with Crippen molar-refractivity contribution in [1.82, 2.24) is 19.4 Å². The molecule has 0 radical (unpaired) electrons. The summed E-state index contributed by atoms with van der Waals surface area (Å²) >= 11 is 0. The number of nitrogens with two attached hydrogens (primary N) is 1. The zero-order valence-corrected chi connectivity index (χ0v) is 13.4. The van der Waals surface area contributed by atoms with Gasteiger partial charge in [-0.05, 0) is 43.9 Å². The normalized spacial score (nSPS) is 14.0. The van der Waals surface area contributed by atoms with Crippen LogP contribution in [0.3, 0.4) is 0 Å². The molecule has 3 heterocycles. The molecule has 3 aromatic heterocycles. The molecule has 1 saturated carbocycles. The highest BCUT2D eigenvalue weighted by molar-refractivity contribution is 5.58. The van der Waals surface area contributed by atoms with Crippen molar-refractivity contribution in [2.24, 2.45) is 5.73 Å². The molecule has 4 rings (SSSR count). The van der Waals surface area contributed by atoms with Crippen molar-refractivity contribution in [3.05, 3.63) is 42.5 Å². The number of anilines is 3. The number of imidazole rings is 1. The number of rotatable bonds is 7. The summed E-state index contributed by atoms with van der Waals surface area (Å²) in [5.74, 6) is 2.11. The molecule has 1 aliphatic rings. The highest BCUT2D eigenvalue weighted by Crippen LogP contribution is 2.42. The third-order valence-corrected chi connectivity index (χ3v) is 4.15. The summed E-state index contributed by atoms with van der Waals surface area (Å²) in [5, 5.41) is 6.67. The van der Waals surface area contributed by atoms with E-state index in [0.29, 0.717) is 18.4 Å². The van der Waals surface area contributed by atoms with Crippen LogP contribution in [0.25, 0.3) is 5.65 Å². The first-order valence-corrected chi connectivity index (χ1v) is 8.34. The van der Waals surface area contributed by atoms with E-state index in [4.69, 9.17) is 5.73 Å². The van der Waals surface area contributed by atoms with E-state index in [9.17, 15) is 0 Å². The second-order valence-electron chi connectivity index (χ2n) is 6.08. The predicted molar refractivity (Wildman–Crippen MR) is 94.6 cm³/mol. The SMILES string of the molecule is NCCCNc1nc(Nc2ccc3nccn3c2)ncc1C1CC1. The van der Waals surface area contributed by atoms with Crippen LogP contribution in [0, 0.1) is 0 Å². The maximum atomic E-state index is 5.58. The molecule has 124 valence electrons. The zero-order valence-electron chi connectivity index (χ0n) is 13.4. The Kier molecular flexibility index (Phi) is 4.00. The first-order valence-electron chi connectivity index (χ1n) is 8.34. The van der Waals surface area contributed by atoms with E-state index in [0.717, 1.165) is 30.1 Å². The average Bonchev–Trinajstić information content (AvgIpc) is 3.33. The number of aromatic nitrogens is 4. The maximum absolute atomic E-state index is 5.58. The van der Waals surface area contributed by atoms with E-state index in [1.807, 2.05) is 35.1 Å². The molecular weight excluding hydrogens is 302 g/mol. The van der Waals surface area contributed by atoms with Crippen molar-refractivity contribution >= 4 is 23.1 Å². The van der Waals surface area contributed by atoms with E-state index in [1.54, 1.807) is 6.20 Å². The number of nitrogens with zero attached hydrogens (tertiary/aromatic N) is 4. The molecule has 0 unspecified atom stereocenters. The Balaban J connectivity index is 1.56. The Hall–Kier alpha value is -2.67. The molecule has 0 amide bonds. The average molecular weight is 323 g/mol. The molecule has 3 aromatic rings. The van der Waals surface area contributed by atoms with Crippen molar-refractivity contribution in [3.63, 3.8) is 0 Å². The zero-order chi connectivity index (χ0) is 16.4. The third kappa shape index (κ3) is 3.16. The molecule has 0 aliphatic heterocycles. The minimum atomic E-state index is 0.592. The second-order valence-corrected chi connectivity index (χ2v) is 6.08. The van der Waals surface area contributed by atoms with E-state index < -0.39 is 0 Å². The Bertz CT molecular complexity index is 838. The lowest BCUT2D eigenvalue weighted by Gasteiger charge is -2.12. The molecule has 0 bridgehead atoms. The van der Waals surface area contributed by atoms with Gasteiger partial charge in [0.25, 0.3) is 0 Å². The van der Waals surface area contributed by atoms with Crippen LogP contribution in [0.5, 0.6) is 0 Å². The number of nitrogens with one attached hydrogen (secondary N) is 2. The molecule has 0 aromatic carbocycles. The van der Waals surface area contributed by atoms with Gasteiger partial charge in [-0.25, -0.2) is 9.97 Å². The van der Waals surface area contributed by atoms with Gasteiger partial charge in [0.2, 0.25) is 5.95 Å². The van der Waals surface area contributed by atoms with Crippen LogP contribution in [0.1, 0.15) is 30.7 Å². The van der Waals surface area contributed by atoms with Crippen molar-refractivity contribution < 1.29 is 0 Å². The standard InChI is InChI=1S/C17H21N7/c18-6-1-7-20-16-14(12-2-3-12)10-21-17(23-16)22-13-4-5-15-19-8-9-24(15)11-13/h4-5,8-12H,1-3,6-7,18H2,(H2,20,21,22,23). The smallest absolute Gasteiger partial charge is 0.229 e. The molecule has 0 atom stereocenters. The molecule has 0 spiro atoms. The molecule has 7 nitrogen and oxygen atoms in total. The Morgan fingerprint density at radius 2 is 2.17 bits per heavy atom. The summed E-state index contributed by atoms with van der Waals surface area (Å²) in [6.45, 7) is 1.50. The van der Waals surface area contributed by atoms with Gasteiger partial charge < -0.3 is 20.8 Å². The van der Waals surface area contributed by atoms with Gasteiger partial charge in [-0.2, -0.15) is 4.98 Å². The quantitative estimate of drug-likeness (QED) is 0.579. The highest BCUT2D eigenvalue weighted by Gasteiger charge is 2.27. The fourth-order valence-electron chi connectivity index (χ4n) is 2.72. The van der Waals surface area contributed by atoms with Crippen LogP contribution < -0.4 is 16.4 Å². The number of fused-ring (bicyclic) bond motifs is 1. The first-order chi connectivity index (χ1) is 11.8. The van der Waals surface area contributed by atoms with Gasteiger partial charge in [0.05, 0.1) is 5.69 Å². The van der Waals surface area contributed by atoms with Crippen molar-refractivity contribution in [3.8, 4) is 0 Å². The van der Waals surface area contributed by atoms with E-state index in [2.05, 4.69) is 25.6 Å². The molecule has 1 fully saturated rings. The summed E-state index contributed by atoms with van der Waals surface area (Å²) in [7, 11) is 0. The molecule has 24 heavy (non-hydrogen) atoms. The van der Waals surface area contributed by atoms with Crippen molar-refractivity contribution in [2.75, 3.05) is 23.7 Å². The van der Waals surface area contributed by atoms with Crippen molar-refractivity contribution in [2.45, 2.75) is 25.2 Å². The third-order valence-electron chi connectivity index (χ3n) is 4.15. The number of hydrogen-bond acceptors (Lipinski definition) is 6. The Morgan fingerprint density at radius 3 is 3.00 bits per heavy atom. The highest BCUT2D eigenvalue weighted by atomic mass is 15.1. The molecule has 4 N–H and O–H groups in total. The van der Waals surface area contributed by atoms with Gasteiger partial charge in [-0.3, -0.25) is 0 Å². The minimum absolute atomic E-state index is 0.592. The second kappa shape index (κ2) is 6.45. The monoisotopic (exact) mass is 323 g/mol. The molecule has 7 heteroatoms. The van der Waals surface area contributed by atoms with Crippen LogP contribution in [0.2, 0.25) is 0 Å². The minimum Gasteiger partial charge on any atom is -0.370 e. The molecule has 1 aliphatic carbocycles. The first kappa shape index (κ1) is 14.9. The van der Waals surface area contributed by atoms with Gasteiger partial charge in [0.15, 0.2) is 0 Å². The van der Waals surface area contributed by atoms with Crippen LogP contribution in [-0.2, 0) is 0 Å². The largest absolute Gasteiger partial charge is 0.370 e. The van der Waals surface area contributed by atoms with Gasteiger partial charge >= 0.3 is 0 Å². The van der Waals surface area contributed by atoms with E-state index in [1.165, 1.54) is 18.4 Å². The van der Waals surface area contributed by atoms with Crippen molar-refractivity contribution in [1.29, 1.82) is 0 Å². The van der Waals surface area contributed by atoms with Gasteiger partial charge in [-0.1, -0.05) is 0 Å². The summed E-state index contributed by atoms with van der Waals surface area (Å²) in [4.78, 5) is 13.4. The number of pyridine rings is 1. The predicted octanol–water partition coefficient (Wildman–Crippen LogP) is 2.51. The van der Waals surface area contributed by atoms with Gasteiger partial charge in [0.1, 0.15) is 11.5 Å². The van der Waals surface area contributed by atoms with Gasteiger partial charge in [-0.15, -0.1) is 0 Å². The van der Waals surface area contributed by atoms with Crippen LogP contribution in [0.4, 0.5) is 17.5 Å². The van der Waals surface area contributed by atoms with Crippen LogP contribution >= 0.6 is 0 Å². The topological polar surface area (TPSA) is 93.2 Å². The molecular formula is C17H21N7. The fraction of sp³-hybridized carbons (Fsp3) is 0.353. The Labute approximate surface area is 140 Å². The summed E-state index contributed by atoms with van der Waals surface area (Å²) in [6, 6.07) is 3.93. The van der Waals surface area contributed by atoms with Gasteiger partial charge in [0, 0.05) is 36.9 Å². The summed E-state index contributed by atoms with van der Waals surface area (Å²) < 4.78 is 1.96. The maximum Gasteiger partial charge on any atom is 0.229 e. The van der Waals surface area contributed by atoms with Crippen LogP contribution in [0.15, 0.2) is 36.9 Å². The number of hydrogen-bond donors (Lipinski definition) is 3. The summed E-state index contributed by atoms with van der Waals surface area (Å²) in [6.07, 6.45) is 11.0. The molecule has 0 saturated heterocycles. The summed E-state index contributed by atoms with van der Waals surface area (Å²) in [5.41, 5.74) is 8.63. The van der Waals surface area contributed by atoms with E-state index in [-0.39, 0.29) is 0 Å². The fourth-order valence-corrected chi connectivity index (χ4v) is 2.72. The van der Waals surface area contributed by atoms with E-state index >= 15 is 0 Å². The lowest BCUT2D eigenvalue weighted by atomic mass is 10.2. The lowest BCUT2D eigenvalue weighted by molar-refractivity contribution is 0.865.